The maximum Gasteiger partial charge on any atom is 0.408 e. The Balaban J connectivity index is 0.000000303. The Labute approximate surface area is 178 Å². The van der Waals surface area contributed by atoms with E-state index in [0.29, 0.717) is 32.5 Å². The second-order valence-electron chi connectivity index (χ2n) is 9.18. The van der Waals surface area contributed by atoms with Crippen molar-refractivity contribution >= 4 is 24.0 Å². The van der Waals surface area contributed by atoms with Gasteiger partial charge in [0.15, 0.2) is 0 Å². The van der Waals surface area contributed by atoms with Gasteiger partial charge in [-0.15, -0.1) is 0 Å². The molecule has 0 aromatic heterocycles. The maximum atomic E-state index is 11.7. The molecule has 10 heteroatoms. The number of carbonyl (C=O) groups is 4. The smallest absolute Gasteiger partial charge is 0.408 e. The molecule has 10 nitrogen and oxygen atoms in total. The molecule has 2 atom stereocenters. The highest BCUT2D eigenvalue weighted by molar-refractivity contribution is 5.88. The molecule has 0 unspecified atom stereocenters. The molecule has 0 saturated carbocycles. The van der Waals surface area contributed by atoms with E-state index in [1.807, 2.05) is 6.92 Å². The average Bonchev–Trinajstić information content (AvgIpc) is 3.11. The SMILES string of the molecule is CC(C)(C)OC(=O)N[C@H]1CCNC1=O.CCN1CC[C@H](NC(=O)OC(C)(C)C)C1=O. The number of nitrogens with one attached hydrogen (secondary N) is 3. The summed E-state index contributed by atoms with van der Waals surface area (Å²) in [5, 5.41) is 7.74. The quantitative estimate of drug-likeness (QED) is 0.626. The van der Waals surface area contributed by atoms with Crippen LogP contribution in [0.3, 0.4) is 0 Å². The Bertz CT molecular complexity index is 638. The highest BCUT2D eigenvalue weighted by Gasteiger charge is 2.32. The van der Waals surface area contributed by atoms with Crippen LogP contribution in [-0.4, -0.2) is 71.8 Å². The lowest BCUT2D eigenvalue weighted by molar-refractivity contribution is -0.129. The van der Waals surface area contributed by atoms with E-state index in [9.17, 15) is 19.2 Å². The molecule has 2 aliphatic heterocycles. The molecule has 2 saturated heterocycles. The molecule has 0 radical (unpaired) electrons. The Morgan fingerprint density at radius 3 is 1.83 bits per heavy atom. The van der Waals surface area contributed by atoms with Crippen LogP contribution in [0.5, 0.6) is 0 Å². The Morgan fingerprint density at radius 2 is 1.47 bits per heavy atom. The van der Waals surface area contributed by atoms with Crippen molar-refractivity contribution in [2.45, 2.75) is 84.6 Å². The van der Waals surface area contributed by atoms with Gasteiger partial charge >= 0.3 is 12.2 Å². The van der Waals surface area contributed by atoms with Gasteiger partial charge in [-0.2, -0.15) is 0 Å². The topological polar surface area (TPSA) is 126 Å². The zero-order chi connectivity index (χ0) is 23.1. The van der Waals surface area contributed by atoms with Crippen molar-refractivity contribution in [3.8, 4) is 0 Å². The fourth-order valence-corrected chi connectivity index (χ4v) is 2.82. The van der Waals surface area contributed by atoms with Gasteiger partial charge in [-0.25, -0.2) is 9.59 Å². The van der Waals surface area contributed by atoms with Crippen molar-refractivity contribution in [2.75, 3.05) is 19.6 Å². The summed E-state index contributed by atoms with van der Waals surface area (Å²) in [7, 11) is 0. The summed E-state index contributed by atoms with van der Waals surface area (Å²) in [5.74, 6) is -0.163. The first-order valence-electron chi connectivity index (χ1n) is 10.3. The van der Waals surface area contributed by atoms with Gasteiger partial charge < -0.3 is 30.3 Å². The van der Waals surface area contributed by atoms with Gasteiger partial charge in [0.2, 0.25) is 11.8 Å². The molecule has 172 valence electrons. The van der Waals surface area contributed by atoms with Gasteiger partial charge in [-0.05, 0) is 61.3 Å². The first-order chi connectivity index (χ1) is 13.7. The first-order valence-corrected chi connectivity index (χ1v) is 10.3. The zero-order valence-corrected chi connectivity index (χ0v) is 19.1. The van der Waals surface area contributed by atoms with Crippen LogP contribution in [-0.2, 0) is 19.1 Å². The number of carbonyl (C=O) groups excluding carboxylic acids is 4. The number of hydrogen-bond acceptors (Lipinski definition) is 6. The van der Waals surface area contributed by atoms with Crippen LogP contribution in [0.25, 0.3) is 0 Å². The molecule has 0 bridgehead atoms. The first kappa shape index (κ1) is 25.5. The molecular formula is C20H36N4O6. The van der Waals surface area contributed by atoms with Crippen LogP contribution < -0.4 is 16.0 Å². The average molecular weight is 429 g/mol. The third kappa shape index (κ3) is 9.32. The third-order valence-corrected chi connectivity index (χ3v) is 4.11. The number of likely N-dealkylation sites (N-methyl/N-ethyl adjacent to an activating group) is 1. The van der Waals surface area contributed by atoms with Crippen LogP contribution in [0.2, 0.25) is 0 Å². The van der Waals surface area contributed by atoms with E-state index < -0.39 is 35.5 Å². The van der Waals surface area contributed by atoms with E-state index in [4.69, 9.17) is 9.47 Å². The standard InChI is InChI=1S/C11H20N2O3.C9H16N2O3/c1-5-13-7-6-8(9(13)14)12-10(15)16-11(2,3)4;1-9(2,3)14-8(13)11-6-4-5-10-7(6)12/h8H,5-7H2,1-4H3,(H,12,15);6H,4-5H2,1-3H3,(H,10,12)(H,11,13)/t8-;6-/m00/s1. The highest BCUT2D eigenvalue weighted by atomic mass is 16.6. The summed E-state index contributed by atoms with van der Waals surface area (Å²) >= 11 is 0. The fraction of sp³-hybridized carbons (Fsp3) is 0.800. The molecule has 2 rings (SSSR count). The second kappa shape index (κ2) is 10.5. The largest absolute Gasteiger partial charge is 0.444 e. The zero-order valence-electron chi connectivity index (χ0n) is 19.1. The number of alkyl carbamates (subject to hydrolysis) is 2. The molecule has 0 spiro atoms. The van der Waals surface area contributed by atoms with E-state index in [1.165, 1.54) is 0 Å². The molecule has 4 amide bonds. The van der Waals surface area contributed by atoms with Gasteiger partial charge in [0.05, 0.1) is 0 Å². The van der Waals surface area contributed by atoms with Crippen molar-refractivity contribution in [1.29, 1.82) is 0 Å². The maximum absolute atomic E-state index is 11.7. The van der Waals surface area contributed by atoms with E-state index in [0.717, 1.165) is 0 Å². The Kier molecular flexibility index (Phi) is 8.92. The van der Waals surface area contributed by atoms with Crippen molar-refractivity contribution in [2.24, 2.45) is 0 Å². The van der Waals surface area contributed by atoms with Crippen molar-refractivity contribution in [1.82, 2.24) is 20.9 Å². The van der Waals surface area contributed by atoms with E-state index in [2.05, 4.69) is 16.0 Å². The predicted octanol–water partition coefficient (Wildman–Crippen LogP) is 1.53. The van der Waals surface area contributed by atoms with Crippen LogP contribution in [0, 0.1) is 0 Å². The lowest BCUT2D eigenvalue weighted by atomic mass is 10.2. The summed E-state index contributed by atoms with van der Waals surface area (Å²) < 4.78 is 10.1. The lowest BCUT2D eigenvalue weighted by Gasteiger charge is -2.21. The minimum absolute atomic E-state index is 0.0200. The Morgan fingerprint density at radius 1 is 0.967 bits per heavy atom. The minimum Gasteiger partial charge on any atom is -0.444 e. The molecule has 0 aromatic carbocycles. The molecule has 2 heterocycles. The molecule has 0 aliphatic carbocycles. The molecule has 30 heavy (non-hydrogen) atoms. The van der Waals surface area contributed by atoms with Crippen LogP contribution in [0.4, 0.5) is 9.59 Å². The summed E-state index contributed by atoms with van der Waals surface area (Å²) in [6, 6.07) is -0.861. The normalized spacial score (nSPS) is 21.4. The predicted molar refractivity (Wildman–Crippen MR) is 111 cm³/mol. The van der Waals surface area contributed by atoms with Crippen LogP contribution in [0.15, 0.2) is 0 Å². The van der Waals surface area contributed by atoms with Gasteiger partial charge in [-0.3, -0.25) is 9.59 Å². The third-order valence-electron chi connectivity index (χ3n) is 4.11. The molecule has 2 fully saturated rings. The van der Waals surface area contributed by atoms with Gasteiger partial charge in [0.1, 0.15) is 23.3 Å². The van der Waals surface area contributed by atoms with Crippen molar-refractivity contribution in [3.05, 3.63) is 0 Å². The second-order valence-corrected chi connectivity index (χ2v) is 9.18. The number of hydrogen-bond donors (Lipinski definition) is 3. The van der Waals surface area contributed by atoms with Crippen molar-refractivity contribution < 1.29 is 28.7 Å². The monoisotopic (exact) mass is 428 g/mol. The van der Waals surface area contributed by atoms with E-state index in [1.54, 1.807) is 46.4 Å². The number of amides is 4. The van der Waals surface area contributed by atoms with Gasteiger partial charge in [0, 0.05) is 19.6 Å². The minimum atomic E-state index is -0.542. The van der Waals surface area contributed by atoms with Gasteiger partial charge in [0.25, 0.3) is 0 Å². The number of ether oxygens (including phenoxy) is 2. The lowest BCUT2D eigenvalue weighted by Crippen LogP contribution is -2.43. The molecule has 3 N–H and O–H groups in total. The van der Waals surface area contributed by atoms with Gasteiger partial charge in [-0.1, -0.05) is 0 Å². The molecular weight excluding hydrogens is 392 g/mol. The number of rotatable bonds is 3. The van der Waals surface area contributed by atoms with E-state index >= 15 is 0 Å². The molecule has 2 aliphatic rings. The fourth-order valence-electron chi connectivity index (χ4n) is 2.82. The highest BCUT2D eigenvalue weighted by Crippen LogP contribution is 2.12. The number of likely N-dealkylation sites (tertiary alicyclic amines) is 1. The summed E-state index contributed by atoms with van der Waals surface area (Å²) in [6.07, 6.45) is 0.215. The number of nitrogens with zero attached hydrogens (tertiary/aromatic N) is 1. The van der Waals surface area contributed by atoms with Crippen molar-refractivity contribution in [3.63, 3.8) is 0 Å². The molecule has 0 aromatic rings. The summed E-state index contributed by atoms with van der Waals surface area (Å²) in [4.78, 5) is 47.2. The Hall–Kier alpha value is -2.52. The van der Waals surface area contributed by atoms with E-state index in [-0.39, 0.29) is 11.8 Å². The van der Waals surface area contributed by atoms with Crippen LogP contribution >= 0.6 is 0 Å². The summed E-state index contributed by atoms with van der Waals surface area (Å²) in [6.45, 7) is 14.6. The summed E-state index contributed by atoms with van der Waals surface area (Å²) in [5.41, 5.74) is -1.06. The van der Waals surface area contributed by atoms with Crippen LogP contribution in [0.1, 0.15) is 61.3 Å².